The van der Waals surface area contributed by atoms with Gasteiger partial charge in [0.2, 0.25) is 0 Å². The van der Waals surface area contributed by atoms with Crippen molar-refractivity contribution in [3.8, 4) is 11.8 Å². The lowest BCUT2D eigenvalue weighted by atomic mass is 10.1. The molecule has 0 aliphatic heterocycles. The van der Waals surface area contributed by atoms with Crippen LogP contribution in [0.3, 0.4) is 0 Å². The van der Waals surface area contributed by atoms with Gasteiger partial charge in [0, 0.05) is 17.4 Å². The van der Waals surface area contributed by atoms with Gasteiger partial charge in [0.1, 0.15) is 11.5 Å². The summed E-state index contributed by atoms with van der Waals surface area (Å²) >= 11 is 5.91. The van der Waals surface area contributed by atoms with E-state index in [-0.39, 0.29) is 10.6 Å². The maximum Gasteiger partial charge on any atom is 0.257 e. The summed E-state index contributed by atoms with van der Waals surface area (Å²) in [5.41, 5.74) is 2.16. The molecule has 122 valence electrons. The lowest BCUT2D eigenvalue weighted by Crippen LogP contribution is -2.12. The molecule has 0 fully saturated rings. The first kappa shape index (κ1) is 16.7. The minimum Gasteiger partial charge on any atom is -0.322 e. The Morgan fingerprint density at radius 1 is 1.04 bits per heavy atom. The molecular weight excluding hydrogens is 339 g/mol. The van der Waals surface area contributed by atoms with E-state index in [1.807, 2.05) is 24.3 Å². The molecule has 1 heterocycles. The van der Waals surface area contributed by atoms with Crippen LogP contribution in [0, 0.1) is 17.7 Å². The van der Waals surface area contributed by atoms with Gasteiger partial charge in [-0.2, -0.15) is 0 Å². The van der Waals surface area contributed by atoms with Crippen molar-refractivity contribution in [3.63, 3.8) is 0 Å². The first-order chi connectivity index (χ1) is 12.1. The molecule has 1 N–H and O–H groups in total. The van der Waals surface area contributed by atoms with Gasteiger partial charge >= 0.3 is 0 Å². The number of carbonyl (C=O) groups is 1. The number of hydrogen-bond donors (Lipinski definition) is 1. The minimum atomic E-state index is -0.492. The van der Waals surface area contributed by atoms with Crippen LogP contribution in [0.2, 0.25) is 5.02 Å². The van der Waals surface area contributed by atoms with Crippen molar-refractivity contribution in [2.75, 3.05) is 5.32 Å². The number of rotatable bonds is 2. The smallest absolute Gasteiger partial charge is 0.257 e. The summed E-state index contributed by atoms with van der Waals surface area (Å²) in [6, 6.07) is 16.2. The van der Waals surface area contributed by atoms with E-state index in [0.29, 0.717) is 11.4 Å². The van der Waals surface area contributed by atoms with Crippen LogP contribution in [0.15, 0.2) is 66.9 Å². The molecule has 1 aromatic heterocycles. The third kappa shape index (κ3) is 4.43. The van der Waals surface area contributed by atoms with Gasteiger partial charge in [-0.15, -0.1) is 0 Å². The Hall–Kier alpha value is -3.16. The SMILES string of the molecule is O=C(Nc1cccc(C#Cc2ccccn2)c1)c1ccc(F)cc1Cl. The third-order valence-corrected chi connectivity index (χ3v) is 3.61. The Morgan fingerprint density at radius 2 is 1.92 bits per heavy atom. The van der Waals surface area contributed by atoms with E-state index in [0.717, 1.165) is 11.6 Å². The van der Waals surface area contributed by atoms with Crippen molar-refractivity contribution in [2.24, 2.45) is 0 Å². The van der Waals surface area contributed by atoms with Crippen LogP contribution >= 0.6 is 11.6 Å². The molecule has 0 saturated heterocycles. The predicted octanol–water partition coefficient (Wildman–Crippen LogP) is 4.53. The Morgan fingerprint density at radius 3 is 2.68 bits per heavy atom. The van der Waals surface area contributed by atoms with Gasteiger partial charge in [-0.25, -0.2) is 9.37 Å². The number of aromatic nitrogens is 1. The fourth-order valence-corrected chi connectivity index (χ4v) is 2.37. The van der Waals surface area contributed by atoms with Crippen LogP contribution in [0.1, 0.15) is 21.6 Å². The van der Waals surface area contributed by atoms with E-state index < -0.39 is 11.7 Å². The summed E-state index contributed by atoms with van der Waals surface area (Å²) < 4.78 is 13.1. The fraction of sp³-hybridized carbons (Fsp3) is 0. The van der Waals surface area contributed by atoms with E-state index in [2.05, 4.69) is 22.1 Å². The van der Waals surface area contributed by atoms with Crippen LogP contribution in [-0.4, -0.2) is 10.9 Å². The second-order valence-corrected chi connectivity index (χ2v) is 5.53. The second kappa shape index (κ2) is 7.61. The Labute approximate surface area is 149 Å². The number of carbonyl (C=O) groups excluding carboxylic acids is 1. The number of nitrogens with zero attached hydrogens (tertiary/aromatic N) is 1. The molecule has 0 aliphatic carbocycles. The highest BCUT2D eigenvalue weighted by Gasteiger charge is 2.11. The number of halogens is 2. The van der Waals surface area contributed by atoms with Gasteiger partial charge in [-0.1, -0.05) is 29.7 Å². The van der Waals surface area contributed by atoms with E-state index in [1.165, 1.54) is 12.1 Å². The maximum absolute atomic E-state index is 13.1. The van der Waals surface area contributed by atoms with E-state index in [9.17, 15) is 9.18 Å². The van der Waals surface area contributed by atoms with Gasteiger partial charge in [-0.3, -0.25) is 4.79 Å². The predicted molar refractivity (Wildman–Crippen MR) is 96.0 cm³/mol. The number of amides is 1. The summed E-state index contributed by atoms with van der Waals surface area (Å²) in [4.78, 5) is 16.4. The summed E-state index contributed by atoms with van der Waals surface area (Å²) in [5, 5.41) is 2.79. The summed E-state index contributed by atoms with van der Waals surface area (Å²) in [7, 11) is 0. The summed E-state index contributed by atoms with van der Waals surface area (Å²) in [5.74, 6) is 5.04. The zero-order chi connectivity index (χ0) is 17.6. The first-order valence-electron chi connectivity index (χ1n) is 7.41. The number of nitrogens with one attached hydrogen (secondary N) is 1. The van der Waals surface area contributed by atoms with Crippen molar-refractivity contribution >= 4 is 23.2 Å². The van der Waals surface area contributed by atoms with Crippen molar-refractivity contribution in [2.45, 2.75) is 0 Å². The summed E-state index contributed by atoms with van der Waals surface area (Å²) in [6.07, 6.45) is 1.67. The topological polar surface area (TPSA) is 42.0 Å². The highest BCUT2D eigenvalue weighted by atomic mass is 35.5. The van der Waals surface area contributed by atoms with Crippen molar-refractivity contribution in [1.82, 2.24) is 4.98 Å². The van der Waals surface area contributed by atoms with Crippen LogP contribution in [0.5, 0.6) is 0 Å². The molecule has 1 amide bonds. The molecule has 2 aromatic carbocycles. The zero-order valence-electron chi connectivity index (χ0n) is 13.0. The first-order valence-corrected chi connectivity index (χ1v) is 7.79. The van der Waals surface area contributed by atoms with Gasteiger partial charge in [0.05, 0.1) is 10.6 Å². The monoisotopic (exact) mass is 350 g/mol. The highest BCUT2D eigenvalue weighted by molar-refractivity contribution is 6.34. The average Bonchev–Trinajstić information content (AvgIpc) is 2.61. The standard InChI is InChI=1S/C20H12ClFN2O/c21-19-13-15(22)8-10-18(19)20(25)24-17-6-3-4-14(12-17)7-9-16-5-1-2-11-23-16/h1-6,8,10-13H,(H,24,25). The molecule has 0 aliphatic rings. The van der Waals surface area contributed by atoms with Gasteiger partial charge in [0.25, 0.3) is 5.91 Å². The second-order valence-electron chi connectivity index (χ2n) is 5.12. The molecule has 0 atom stereocenters. The number of hydrogen-bond acceptors (Lipinski definition) is 2. The van der Waals surface area contributed by atoms with E-state index in [1.54, 1.807) is 24.4 Å². The lowest BCUT2D eigenvalue weighted by Gasteiger charge is -2.07. The zero-order valence-corrected chi connectivity index (χ0v) is 13.7. The normalized spacial score (nSPS) is 9.84. The third-order valence-electron chi connectivity index (χ3n) is 3.30. The number of pyridine rings is 1. The minimum absolute atomic E-state index is 0.0589. The Bertz CT molecular complexity index is 978. The molecule has 0 unspecified atom stereocenters. The highest BCUT2D eigenvalue weighted by Crippen LogP contribution is 2.19. The lowest BCUT2D eigenvalue weighted by molar-refractivity contribution is 0.102. The summed E-state index contributed by atoms with van der Waals surface area (Å²) in [6.45, 7) is 0. The van der Waals surface area contributed by atoms with E-state index in [4.69, 9.17) is 11.6 Å². The van der Waals surface area contributed by atoms with Crippen molar-refractivity contribution < 1.29 is 9.18 Å². The molecule has 0 bridgehead atoms. The number of benzene rings is 2. The van der Waals surface area contributed by atoms with Gasteiger partial charge < -0.3 is 5.32 Å². The van der Waals surface area contributed by atoms with Gasteiger partial charge in [-0.05, 0) is 54.5 Å². The Kier molecular flexibility index (Phi) is 5.08. The molecule has 3 nitrogen and oxygen atoms in total. The molecule has 3 rings (SSSR count). The molecule has 5 heteroatoms. The quantitative estimate of drug-likeness (QED) is 0.690. The van der Waals surface area contributed by atoms with Crippen molar-refractivity contribution in [3.05, 3.63) is 94.5 Å². The van der Waals surface area contributed by atoms with Crippen LogP contribution < -0.4 is 5.32 Å². The van der Waals surface area contributed by atoms with Gasteiger partial charge in [0.15, 0.2) is 0 Å². The molecule has 0 spiro atoms. The largest absolute Gasteiger partial charge is 0.322 e. The average molecular weight is 351 g/mol. The molecule has 0 saturated carbocycles. The molecule has 3 aromatic rings. The van der Waals surface area contributed by atoms with E-state index >= 15 is 0 Å². The number of anilines is 1. The van der Waals surface area contributed by atoms with Crippen LogP contribution in [0.4, 0.5) is 10.1 Å². The van der Waals surface area contributed by atoms with Crippen LogP contribution in [0.25, 0.3) is 0 Å². The van der Waals surface area contributed by atoms with Crippen LogP contribution in [-0.2, 0) is 0 Å². The van der Waals surface area contributed by atoms with Crippen molar-refractivity contribution in [1.29, 1.82) is 0 Å². The molecule has 25 heavy (non-hydrogen) atoms. The molecule has 0 radical (unpaired) electrons. The molecular formula is C20H12ClFN2O. The Balaban J connectivity index is 1.78. The fourth-order valence-electron chi connectivity index (χ4n) is 2.12. The maximum atomic E-state index is 13.1.